The Balaban J connectivity index is 1.29. The second-order valence-corrected chi connectivity index (χ2v) is 12.6. The third-order valence-electron chi connectivity index (χ3n) is 7.63. The van der Waals surface area contributed by atoms with Gasteiger partial charge in [-0.05, 0) is 69.4 Å². The van der Waals surface area contributed by atoms with Crippen molar-refractivity contribution in [3.63, 3.8) is 0 Å². The van der Waals surface area contributed by atoms with Crippen molar-refractivity contribution >= 4 is 27.5 Å². The van der Waals surface area contributed by atoms with Crippen LogP contribution in [0.1, 0.15) is 44.1 Å². The molecule has 0 spiro atoms. The maximum Gasteiger partial charge on any atom is 0.243 e. The zero-order valence-corrected chi connectivity index (χ0v) is 18.5. The predicted octanol–water partition coefficient (Wildman–Crippen LogP) is 3.41. The lowest BCUT2D eigenvalue weighted by Gasteiger charge is -2.60. The molecule has 1 amide bonds. The van der Waals surface area contributed by atoms with Crippen LogP contribution in [0.15, 0.2) is 29.2 Å². The lowest BCUT2D eigenvalue weighted by atomic mass is 9.49. The number of amides is 1. The van der Waals surface area contributed by atoms with Gasteiger partial charge < -0.3 is 4.90 Å². The quantitative estimate of drug-likeness (QED) is 0.682. The van der Waals surface area contributed by atoms with Crippen molar-refractivity contribution in [1.29, 1.82) is 0 Å². The number of alkyl halides is 1. The van der Waals surface area contributed by atoms with Crippen molar-refractivity contribution in [2.45, 2.75) is 55.2 Å². The van der Waals surface area contributed by atoms with Gasteiger partial charge in [0.05, 0.1) is 10.3 Å². The highest BCUT2D eigenvalue weighted by molar-refractivity contribution is 7.89. The van der Waals surface area contributed by atoms with Gasteiger partial charge in [-0.1, -0.05) is 17.7 Å². The number of hydrogen-bond donors (Lipinski definition) is 0. The van der Waals surface area contributed by atoms with E-state index < -0.39 is 10.0 Å². The van der Waals surface area contributed by atoms with Crippen LogP contribution in [0.5, 0.6) is 0 Å². The van der Waals surface area contributed by atoms with E-state index in [0.717, 1.165) is 37.7 Å². The summed E-state index contributed by atoms with van der Waals surface area (Å²) in [6, 6.07) is 6.97. The number of carbonyl (C=O) groups is 1. The van der Waals surface area contributed by atoms with Crippen LogP contribution in [0.3, 0.4) is 0 Å². The number of piperazine rings is 1. The molecule has 4 saturated carbocycles. The fourth-order valence-electron chi connectivity index (χ4n) is 6.73. The third-order valence-corrected chi connectivity index (χ3v) is 9.98. The van der Waals surface area contributed by atoms with Crippen LogP contribution in [0.4, 0.5) is 0 Å². The van der Waals surface area contributed by atoms with Gasteiger partial charge in [-0.15, -0.1) is 11.6 Å². The average molecular weight is 437 g/mol. The number of nitrogens with zero attached hydrogens (tertiary/aromatic N) is 2. The highest BCUT2D eigenvalue weighted by Gasteiger charge is 2.60. The molecule has 0 N–H and O–H groups in total. The first-order valence-electron chi connectivity index (χ1n) is 10.7. The summed E-state index contributed by atoms with van der Waals surface area (Å²) < 4.78 is 27.4. The fraction of sp³-hybridized carbons (Fsp3) is 0.682. The van der Waals surface area contributed by atoms with Crippen LogP contribution in [0.2, 0.25) is 0 Å². The summed E-state index contributed by atoms with van der Waals surface area (Å²) in [5, 5.41) is 0. The molecule has 158 valence electrons. The molecule has 6 rings (SSSR count). The molecule has 4 bridgehead atoms. The van der Waals surface area contributed by atoms with E-state index in [1.165, 1.54) is 10.7 Å². The van der Waals surface area contributed by atoms with Gasteiger partial charge in [0.25, 0.3) is 0 Å². The summed E-state index contributed by atoms with van der Waals surface area (Å²) in [5.74, 6) is 1.39. The highest BCUT2D eigenvalue weighted by atomic mass is 35.5. The van der Waals surface area contributed by atoms with E-state index >= 15 is 0 Å². The molecule has 1 saturated heterocycles. The fourth-order valence-corrected chi connectivity index (χ4v) is 8.84. The monoisotopic (exact) mass is 436 g/mol. The van der Waals surface area contributed by atoms with Crippen molar-refractivity contribution < 1.29 is 13.2 Å². The number of rotatable bonds is 3. The van der Waals surface area contributed by atoms with E-state index in [0.29, 0.717) is 42.9 Å². The second-order valence-electron chi connectivity index (χ2n) is 9.90. The van der Waals surface area contributed by atoms with Crippen LogP contribution in [-0.4, -0.2) is 54.6 Å². The van der Waals surface area contributed by atoms with Gasteiger partial charge in [-0.25, -0.2) is 8.42 Å². The first kappa shape index (κ1) is 19.8. The van der Waals surface area contributed by atoms with Crippen molar-refractivity contribution in [3.05, 3.63) is 29.8 Å². The normalized spacial score (nSPS) is 37.1. The minimum Gasteiger partial charge on any atom is -0.340 e. The smallest absolute Gasteiger partial charge is 0.243 e. The highest BCUT2D eigenvalue weighted by Crippen LogP contribution is 2.64. The number of hydrogen-bond acceptors (Lipinski definition) is 3. The van der Waals surface area contributed by atoms with Gasteiger partial charge in [0.15, 0.2) is 0 Å². The lowest BCUT2D eigenvalue weighted by molar-refractivity contribution is -0.157. The van der Waals surface area contributed by atoms with Gasteiger partial charge in [0, 0.05) is 31.1 Å². The molecule has 1 aliphatic heterocycles. The summed E-state index contributed by atoms with van der Waals surface area (Å²) in [6.45, 7) is 3.59. The minimum absolute atomic E-state index is 0.184. The molecule has 4 aliphatic carbocycles. The van der Waals surface area contributed by atoms with E-state index in [-0.39, 0.29) is 16.2 Å². The van der Waals surface area contributed by atoms with Gasteiger partial charge in [-0.3, -0.25) is 4.79 Å². The summed E-state index contributed by atoms with van der Waals surface area (Å²) in [4.78, 5) is 15.6. The number of sulfonamides is 1. The first-order chi connectivity index (χ1) is 13.7. The van der Waals surface area contributed by atoms with E-state index in [1.807, 2.05) is 24.0 Å². The molecule has 5 fully saturated rings. The van der Waals surface area contributed by atoms with Crippen LogP contribution < -0.4 is 0 Å². The van der Waals surface area contributed by atoms with Crippen molar-refractivity contribution in [2.24, 2.45) is 17.3 Å². The maximum absolute atomic E-state index is 13.6. The zero-order valence-electron chi connectivity index (χ0n) is 16.9. The molecule has 0 aromatic heterocycles. The first-order valence-corrected chi connectivity index (χ1v) is 12.6. The molecule has 29 heavy (non-hydrogen) atoms. The molecule has 1 aromatic carbocycles. The van der Waals surface area contributed by atoms with Crippen molar-refractivity contribution in [2.75, 3.05) is 26.2 Å². The Hall–Kier alpha value is -1.11. The summed E-state index contributed by atoms with van der Waals surface area (Å²) in [6.07, 6.45) is 6.09. The van der Waals surface area contributed by atoms with E-state index in [4.69, 9.17) is 11.6 Å². The van der Waals surface area contributed by atoms with Crippen LogP contribution >= 0.6 is 11.6 Å². The Morgan fingerprint density at radius 2 is 1.59 bits per heavy atom. The molecule has 7 heteroatoms. The Labute approximate surface area is 178 Å². The molecule has 4 atom stereocenters. The Bertz CT molecular complexity index is 908. The standard InChI is InChI=1S/C22H29ClN2O3S/c1-16-2-4-19(5-3-16)29(27,28)25-8-6-24(7-9-25)20(26)21-11-17-10-18(12-21)14-22(23,13-17)15-21/h2-5,17-18H,6-15H2,1H3/t17-,18+,21?,22?. The average Bonchev–Trinajstić information content (AvgIpc) is 2.66. The van der Waals surface area contributed by atoms with Crippen LogP contribution in [0, 0.1) is 24.2 Å². The van der Waals surface area contributed by atoms with Crippen molar-refractivity contribution in [3.8, 4) is 0 Å². The van der Waals surface area contributed by atoms with E-state index in [9.17, 15) is 13.2 Å². The number of halogens is 1. The largest absolute Gasteiger partial charge is 0.340 e. The molecule has 5 nitrogen and oxygen atoms in total. The molecule has 5 aliphatic rings. The Kier molecular flexibility index (Phi) is 4.58. The number of aryl methyl sites for hydroxylation is 1. The Morgan fingerprint density at radius 3 is 2.14 bits per heavy atom. The van der Waals surface area contributed by atoms with Gasteiger partial charge in [0.1, 0.15) is 0 Å². The van der Waals surface area contributed by atoms with Crippen LogP contribution in [-0.2, 0) is 14.8 Å². The van der Waals surface area contributed by atoms with Crippen LogP contribution in [0.25, 0.3) is 0 Å². The topological polar surface area (TPSA) is 57.7 Å². The number of carbonyl (C=O) groups excluding carboxylic acids is 1. The molecule has 0 radical (unpaired) electrons. The molecule has 1 heterocycles. The SMILES string of the molecule is Cc1ccc(S(=O)(=O)N2CCN(C(=O)C34C[C@@H]5C[C@@H](CC(Cl)(C5)C3)C4)CC2)cc1. The molecular formula is C22H29ClN2O3S. The molecule has 1 aromatic rings. The predicted molar refractivity (Wildman–Crippen MR) is 112 cm³/mol. The second kappa shape index (κ2) is 6.69. The zero-order chi connectivity index (χ0) is 20.4. The van der Waals surface area contributed by atoms with E-state index in [1.54, 1.807) is 12.1 Å². The van der Waals surface area contributed by atoms with Gasteiger partial charge in [-0.2, -0.15) is 4.31 Å². The third kappa shape index (κ3) is 3.31. The van der Waals surface area contributed by atoms with Gasteiger partial charge in [0.2, 0.25) is 15.9 Å². The Morgan fingerprint density at radius 1 is 1.00 bits per heavy atom. The minimum atomic E-state index is -3.51. The van der Waals surface area contributed by atoms with Crippen molar-refractivity contribution in [1.82, 2.24) is 9.21 Å². The van der Waals surface area contributed by atoms with E-state index in [2.05, 4.69) is 0 Å². The molecule has 2 unspecified atom stereocenters. The lowest BCUT2D eigenvalue weighted by Crippen LogP contribution is -2.61. The van der Waals surface area contributed by atoms with Gasteiger partial charge >= 0.3 is 0 Å². The maximum atomic E-state index is 13.6. The number of benzene rings is 1. The summed E-state index contributed by atoms with van der Waals surface area (Å²) >= 11 is 6.91. The molecular weight excluding hydrogens is 408 g/mol. The summed E-state index contributed by atoms with van der Waals surface area (Å²) in [5.41, 5.74) is 0.733. The summed E-state index contributed by atoms with van der Waals surface area (Å²) in [7, 11) is -3.51.